The third-order valence-electron chi connectivity index (χ3n) is 2.06. The van der Waals surface area contributed by atoms with Crippen molar-refractivity contribution in [3.8, 4) is 11.8 Å². The molecule has 0 fully saturated rings. The molecule has 1 heterocycles. The summed E-state index contributed by atoms with van der Waals surface area (Å²) in [5.41, 5.74) is 1.28. The van der Waals surface area contributed by atoms with Crippen LogP contribution in [0.15, 0.2) is 23.2 Å². The monoisotopic (exact) mass is 169 g/mol. The molecule has 1 aromatic carbocycles. The first-order valence-electron chi connectivity index (χ1n) is 4.43. The molecule has 1 aliphatic heterocycles. The summed E-state index contributed by atoms with van der Waals surface area (Å²) in [4.78, 5) is 4.38. The third-order valence-corrected chi connectivity index (χ3v) is 2.06. The lowest BCUT2D eigenvalue weighted by Crippen LogP contribution is -2.25. The summed E-state index contributed by atoms with van der Waals surface area (Å²) < 4.78 is 0. The minimum Gasteiger partial charge on any atom is -0.272 e. The number of nitrogens with zero attached hydrogens (tertiary/aromatic N) is 1. The maximum absolute atomic E-state index is 4.38. The normalized spacial score (nSPS) is 16.2. The number of aryl methyl sites for hydroxylation is 1. The van der Waals surface area contributed by atoms with Crippen LogP contribution in [0.5, 0.6) is 0 Å². The Morgan fingerprint density at radius 3 is 3.15 bits per heavy atom. The van der Waals surface area contributed by atoms with Crippen molar-refractivity contribution >= 4 is 6.08 Å². The molecule has 1 nitrogen and oxygen atoms in total. The topological polar surface area (TPSA) is 12.4 Å². The smallest absolute Gasteiger partial charge is 0.100 e. The fraction of sp³-hybridized carbons (Fsp3) is 0.250. The van der Waals surface area contributed by atoms with Crippen LogP contribution in [0.3, 0.4) is 0 Å². The molecule has 1 heteroatoms. The molecule has 2 rings (SSSR count). The van der Waals surface area contributed by atoms with Crippen molar-refractivity contribution in [2.24, 2.45) is 4.99 Å². The third kappa shape index (κ3) is 1.78. The zero-order valence-corrected chi connectivity index (χ0v) is 7.67. The van der Waals surface area contributed by atoms with Gasteiger partial charge in [-0.2, -0.15) is 0 Å². The molecular formula is C12H11N. The van der Waals surface area contributed by atoms with Gasteiger partial charge in [-0.15, -0.1) is 0 Å². The van der Waals surface area contributed by atoms with Crippen molar-refractivity contribution in [2.75, 3.05) is 6.54 Å². The Kier molecular flexibility index (Phi) is 2.14. The molecule has 0 saturated carbocycles. The Labute approximate surface area is 77.8 Å². The van der Waals surface area contributed by atoms with E-state index >= 15 is 0 Å². The molecule has 0 aromatic heterocycles. The Balaban J connectivity index is 2.70. The Bertz CT molecular complexity index is 486. The van der Waals surface area contributed by atoms with E-state index in [9.17, 15) is 0 Å². The number of hydrogen-bond donors (Lipinski definition) is 0. The molecule has 0 amide bonds. The zero-order valence-electron chi connectivity index (χ0n) is 7.67. The van der Waals surface area contributed by atoms with E-state index in [0.29, 0.717) is 6.54 Å². The average molecular weight is 169 g/mol. The maximum atomic E-state index is 4.38. The highest BCUT2D eigenvalue weighted by Gasteiger charge is 1.89. The molecule has 1 aromatic rings. The second-order valence-electron chi connectivity index (χ2n) is 3.14. The van der Waals surface area contributed by atoms with E-state index in [2.05, 4.69) is 48.0 Å². The van der Waals surface area contributed by atoms with Gasteiger partial charge < -0.3 is 0 Å². The summed E-state index contributed by atoms with van der Waals surface area (Å²) in [7, 11) is 0. The standard InChI is InChI=1S/C12H11N/c1-10-6-7-12-11(9-10)5-3-2-4-8-13-12/h5-7,9H,3,8H2,1H3/b11-5-,13-12?. The molecule has 13 heavy (non-hydrogen) atoms. The van der Waals surface area contributed by atoms with Crippen molar-refractivity contribution < 1.29 is 0 Å². The first-order chi connectivity index (χ1) is 6.36. The summed E-state index contributed by atoms with van der Waals surface area (Å²) in [5, 5.41) is 2.29. The van der Waals surface area contributed by atoms with Crippen molar-refractivity contribution in [2.45, 2.75) is 13.3 Å². The van der Waals surface area contributed by atoms with Crippen LogP contribution in [0.25, 0.3) is 6.08 Å². The lowest BCUT2D eigenvalue weighted by atomic mass is 10.1. The maximum Gasteiger partial charge on any atom is 0.100 e. The van der Waals surface area contributed by atoms with Crippen molar-refractivity contribution in [3.05, 3.63) is 34.3 Å². The SMILES string of the molecule is Cc1ccc2/c(c1)=C\CC#CCN=2. The first kappa shape index (κ1) is 8.07. The van der Waals surface area contributed by atoms with Crippen LogP contribution in [0, 0.1) is 18.8 Å². The molecular weight excluding hydrogens is 158 g/mol. The van der Waals surface area contributed by atoms with Crippen LogP contribution in [0.4, 0.5) is 0 Å². The Hall–Kier alpha value is -1.55. The van der Waals surface area contributed by atoms with Gasteiger partial charge in [0.2, 0.25) is 0 Å². The second kappa shape index (κ2) is 3.45. The summed E-state index contributed by atoms with van der Waals surface area (Å²) in [6, 6.07) is 6.31. The Morgan fingerprint density at radius 1 is 1.31 bits per heavy atom. The van der Waals surface area contributed by atoms with Crippen LogP contribution < -0.4 is 10.6 Å². The molecule has 64 valence electrons. The molecule has 0 saturated heterocycles. The lowest BCUT2D eigenvalue weighted by Gasteiger charge is -1.94. The van der Waals surface area contributed by atoms with Gasteiger partial charge in [-0.25, -0.2) is 0 Å². The van der Waals surface area contributed by atoms with Gasteiger partial charge in [0.15, 0.2) is 0 Å². The van der Waals surface area contributed by atoms with Gasteiger partial charge in [0, 0.05) is 6.42 Å². The van der Waals surface area contributed by atoms with Crippen LogP contribution in [0.1, 0.15) is 12.0 Å². The molecule has 0 unspecified atom stereocenters. The van der Waals surface area contributed by atoms with Gasteiger partial charge >= 0.3 is 0 Å². The molecule has 0 aliphatic carbocycles. The molecule has 1 aliphatic rings. The summed E-state index contributed by atoms with van der Waals surface area (Å²) in [5.74, 6) is 6.04. The molecule has 0 bridgehead atoms. The quantitative estimate of drug-likeness (QED) is 0.509. The number of rotatable bonds is 0. The van der Waals surface area contributed by atoms with Crippen LogP contribution >= 0.6 is 0 Å². The van der Waals surface area contributed by atoms with Gasteiger partial charge in [0.25, 0.3) is 0 Å². The molecule has 0 radical (unpaired) electrons. The number of fused-ring (bicyclic) bond motifs is 1. The van der Waals surface area contributed by atoms with Crippen molar-refractivity contribution in [1.82, 2.24) is 0 Å². The van der Waals surface area contributed by atoms with Crippen LogP contribution in [0.2, 0.25) is 0 Å². The highest BCUT2D eigenvalue weighted by Crippen LogP contribution is 1.88. The summed E-state index contributed by atoms with van der Waals surface area (Å²) in [6.45, 7) is 2.72. The molecule has 0 atom stereocenters. The lowest BCUT2D eigenvalue weighted by molar-refractivity contribution is 1.14. The van der Waals surface area contributed by atoms with Gasteiger partial charge in [0.1, 0.15) is 6.54 Å². The Morgan fingerprint density at radius 2 is 2.23 bits per heavy atom. The predicted octanol–water partition coefficient (Wildman–Crippen LogP) is 0.802. The fourth-order valence-corrected chi connectivity index (χ4v) is 1.40. The van der Waals surface area contributed by atoms with Gasteiger partial charge in [-0.3, -0.25) is 4.99 Å². The first-order valence-corrected chi connectivity index (χ1v) is 4.43. The second-order valence-corrected chi connectivity index (χ2v) is 3.14. The summed E-state index contributed by atoms with van der Waals surface area (Å²) in [6.07, 6.45) is 2.98. The van der Waals surface area contributed by atoms with E-state index in [1.807, 2.05) is 0 Å². The minimum atomic E-state index is 0.629. The van der Waals surface area contributed by atoms with Crippen LogP contribution in [-0.4, -0.2) is 6.54 Å². The van der Waals surface area contributed by atoms with Gasteiger partial charge in [0.05, 0.1) is 5.36 Å². The highest BCUT2D eigenvalue weighted by molar-refractivity contribution is 5.32. The fourth-order valence-electron chi connectivity index (χ4n) is 1.40. The average Bonchev–Trinajstić information content (AvgIpc) is 2.08. The number of benzene rings is 1. The van der Waals surface area contributed by atoms with E-state index in [-0.39, 0.29) is 0 Å². The molecule has 0 N–H and O–H groups in total. The van der Waals surface area contributed by atoms with E-state index in [4.69, 9.17) is 0 Å². The zero-order chi connectivity index (χ0) is 9.10. The number of hydrogen-bond acceptors (Lipinski definition) is 1. The van der Waals surface area contributed by atoms with E-state index in [1.54, 1.807) is 0 Å². The minimum absolute atomic E-state index is 0.629. The van der Waals surface area contributed by atoms with E-state index in [0.717, 1.165) is 11.8 Å². The largest absolute Gasteiger partial charge is 0.272 e. The molecule has 0 spiro atoms. The van der Waals surface area contributed by atoms with Crippen molar-refractivity contribution in [1.29, 1.82) is 0 Å². The van der Waals surface area contributed by atoms with Gasteiger partial charge in [-0.1, -0.05) is 35.6 Å². The van der Waals surface area contributed by atoms with E-state index in [1.165, 1.54) is 10.8 Å². The predicted molar refractivity (Wildman–Crippen MR) is 53.7 cm³/mol. The summed E-state index contributed by atoms with van der Waals surface area (Å²) >= 11 is 0. The van der Waals surface area contributed by atoms with E-state index < -0.39 is 0 Å². The van der Waals surface area contributed by atoms with Crippen LogP contribution in [-0.2, 0) is 0 Å². The van der Waals surface area contributed by atoms with Gasteiger partial charge in [-0.05, 0) is 18.2 Å². The highest BCUT2D eigenvalue weighted by atomic mass is 14.7. The van der Waals surface area contributed by atoms with Crippen molar-refractivity contribution in [3.63, 3.8) is 0 Å².